The van der Waals surface area contributed by atoms with E-state index in [-0.39, 0.29) is 18.4 Å². The molecule has 0 N–H and O–H groups in total. The van der Waals surface area contributed by atoms with Crippen LogP contribution in [0, 0.1) is 0 Å². The summed E-state index contributed by atoms with van der Waals surface area (Å²) in [5.41, 5.74) is 2.24. The molecule has 1 heterocycles. The summed E-state index contributed by atoms with van der Waals surface area (Å²) in [4.78, 5) is 14.5. The smallest absolute Gasteiger partial charge is 0.325 e. The summed E-state index contributed by atoms with van der Waals surface area (Å²) >= 11 is 1.95. The van der Waals surface area contributed by atoms with E-state index in [4.69, 9.17) is 4.74 Å². The number of carbonyl (C=O) groups is 1. The number of hydrogen-bond donors (Lipinski definition) is 0. The SMILES string of the molecule is CC(C)c1cccc(C(C)C)c1OC(=O)CN1CCSCC1.Cl. The van der Waals surface area contributed by atoms with Crippen LogP contribution in [-0.2, 0) is 4.79 Å². The maximum Gasteiger partial charge on any atom is 0.325 e. The Balaban J connectivity index is 0.00000264. The van der Waals surface area contributed by atoms with Crippen LogP contribution < -0.4 is 4.74 Å². The molecule has 1 fully saturated rings. The molecule has 5 heteroatoms. The van der Waals surface area contributed by atoms with Gasteiger partial charge in [0.15, 0.2) is 0 Å². The number of benzene rings is 1. The summed E-state index contributed by atoms with van der Waals surface area (Å²) < 4.78 is 5.81. The van der Waals surface area contributed by atoms with Crippen LogP contribution in [0.15, 0.2) is 18.2 Å². The largest absolute Gasteiger partial charge is 0.425 e. The van der Waals surface area contributed by atoms with Gasteiger partial charge in [-0.3, -0.25) is 9.69 Å². The third kappa shape index (κ3) is 5.70. The molecule has 3 nitrogen and oxygen atoms in total. The van der Waals surface area contributed by atoms with Crippen molar-refractivity contribution in [1.29, 1.82) is 0 Å². The minimum absolute atomic E-state index is 0. The molecule has 1 saturated heterocycles. The lowest BCUT2D eigenvalue weighted by Gasteiger charge is -2.25. The molecule has 1 aromatic carbocycles. The van der Waals surface area contributed by atoms with Crippen LogP contribution in [0.4, 0.5) is 0 Å². The molecule has 0 saturated carbocycles. The van der Waals surface area contributed by atoms with Gasteiger partial charge in [0.05, 0.1) is 6.54 Å². The van der Waals surface area contributed by atoms with E-state index >= 15 is 0 Å². The summed E-state index contributed by atoms with van der Waals surface area (Å²) in [7, 11) is 0. The quantitative estimate of drug-likeness (QED) is 0.580. The van der Waals surface area contributed by atoms with Crippen molar-refractivity contribution in [2.75, 3.05) is 31.1 Å². The molecule has 0 radical (unpaired) electrons. The zero-order valence-corrected chi connectivity index (χ0v) is 16.1. The number of rotatable bonds is 5. The van der Waals surface area contributed by atoms with E-state index in [0.29, 0.717) is 18.4 Å². The third-order valence-electron chi connectivity index (χ3n) is 3.99. The van der Waals surface area contributed by atoms with Crippen LogP contribution in [0.2, 0.25) is 0 Å². The number of hydrogen-bond acceptors (Lipinski definition) is 4. The van der Waals surface area contributed by atoms with Gasteiger partial charge < -0.3 is 4.74 Å². The molecule has 1 aliphatic rings. The molecule has 0 aromatic heterocycles. The van der Waals surface area contributed by atoms with E-state index < -0.39 is 0 Å². The van der Waals surface area contributed by atoms with Gasteiger partial charge in [0.2, 0.25) is 0 Å². The molecular formula is C18H28ClNO2S. The first-order valence-corrected chi connectivity index (χ1v) is 9.28. The lowest BCUT2D eigenvalue weighted by atomic mass is 9.94. The summed E-state index contributed by atoms with van der Waals surface area (Å²) in [6.07, 6.45) is 0. The fourth-order valence-corrected chi connectivity index (χ4v) is 3.67. The molecule has 0 unspecified atom stereocenters. The van der Waals surface area contributed by atoms with Crippen molar-refractivity contribution in [3.05, 3.63) is 29.3 Å². The average molecular weight is 358 g/mol. The zero-order valence-electron chi connectivity index (χ0n) is 14.5. The van der Waals surface area contributed by atoms with Crippen molar-refractivity contribution in [3.63, 3.8) is 0 Å². The fraction of sp³-hybridized carbons (Fsp3) is 0.611. The van der Waals surface area contributed by atoms with E-state index in [1.165, 1.54) is 0 Å². The number of halogens is 1. The standard InChI is InChI=1S/C18H27NO2S.ClH/c1-13(2)15-6-5-7-16(14(3)4)18(15)21-17(20)12-19-8-10-22-11-9-19;/h5-7,13-14H,8-12H2,1-4H3;1H. The molecule has 2 rings (SSSR count). The topological polar surface area (TPSA) is 29.5 Å². The Morgan fingerprint density at radius 3 is 2.13 bits per heavy atom. The van der Waals surface area contributed by atoms with Gasteiger partial charge in [-0.2, -0.15) is 11.8 Å². The Hall–Kier alpha value is -0.710. The summed E-state index contributed by atoms with van der Waals surface area (Å²) in [6.45, 7) is 10.9. The predicted molar refractivity (Wildman–Crippen MR) is 101 cm³/mol. The van der Waals surface area contributed by atoms with Crippen LogP contribution in [0.5, 0.6) is 5.75 Å². The van der Waals surface area contributed by atoms with Crippen LogP contribution in [0.25, 0.3) is 0 Å². The van der Waals surface area contributed by atoms with Crippen LogP contribution >= 0.6 is 24.2 Å². The molecule has 1 aromatic rings. The lowest BCUT2D eigenvalue weighted by molar-refractivity contribution is -0.135. The molecule has 0 atom stereocenters. The Labute approximate surface area is 150 Å². The van der Waals surface area contributed by atoms with Crippen molar-refractivity contribution in [2.45, 2.75) is 39.5 Å². The molecule has 1 aliphatic heterocycles. The third-order valence-corrected chi connectivity index (χ3v) is 4.93. The molecule has 0 spiro atoms. The second kappa shape index (κ2) is 9.55. The highest BCUT2D eigenvalue weighted by atomic mass is 35.5. The lowest BCUT2D eigenvalue weighted by Crippen LogP contribution is -2.38. The Morgan fingerprint density at radius 1 is 1.13 bits per heavy atom. The van der Waals surface area contributed by atoms with Gasteiger partial charge in [-0.25, -0.2) is 0 Å². The maximum atomic E-state index is 12.4. The predicted octanol–water partition coefficient (Wildman–Crippen LogP) is 4.31. The fourth-order valence-electron chi connectivity index (χ4n) is 2.69. The second-order valence-corrected chi connectivity index (χ2v) is 7.66. The molecule has 23 heavy (non-hydrogen) atoms. The summed E-state index contributed by atoms with van der Waals surface area (Å²) in [5, 5.41) is 0. The number of para-hydroxylation sites is 1. The van der Waals surface area contributed by atoms with Gasteiger partial charge in [0.25, 0.3) is 0 Å². The van der Waals surface area contributed by atoms with Gasteiger partial charge in [-0.15, -0.1) is 12.4 Å². The summed E-state index contributed by atoms with van der Waals surface area (Å²) in [6, 6.07) is 6.19. The molecule has 130 valence electrons. The van der Waals surface area contributed by atoms with Gasteiger partial charge in [0.1, 0.15) is 5.75 Å². The number of ether oxygens (including phenoxy) is 1. The van der Waals surface area contributed by atoms with Crippen molar-refractivity contribution in [3.8, 4) is 5.75 Å². The maximum absolute atomic E-state index is 12.4. The highest BCUT2D eigenvalue weighted by Crippen LogP contribution is 2.34. The highest BCUT2D eigenvalue weighted by molar-refractivity contribution is 7.99. The van der Waals surface area contributed by atoms with Crippen molar-refractivity contribution in [1.82, 2.24) is 4.90 Å². The normalized spacial score (nSPS) is 15.6. The van der Waals surface area contributed by atoms with Crippen LogP contribution in [0.1, 0.15) is 50.7 Å². The van der Waals surface area contributed by atoms with E-state index in [0.717, 1.165) is 41.5 Å². The molecule has 0 amide bonds. The Morgan fingerprint density at radius 2 is 1.65 bits per heavy atom. The number of carbonyl (C=O) groups excluding carboxylic acids is 1. The van der Waals surface area contributed by atoms with E-state index in [2.05, 4.69) is 50.8 Å². The zero-order chi connectivity index (χ0) is 16.1. The minimum Gasteiger partial charge on any atom is -0.425 e. The number of nitrogens with zero attached hydrogens (tertiary/aromatic N) is 1. The first-order chi connectivity index (χ1) is 10.5. The van der Waals surface area contributed by atoms with E-state index in [1.807, 2.05) is 11.8 Å². The summed E-state index contributed by atoms with van der Waals surface area (Å²) in [5.74, 6) is 3.53. The van der Waals surface area contributed by atoms with Crippen molar-refractivity contribution < 1.29 is 9.53 Å². The van der Waals surface area contributed by atoms with Gasteiger partial charge in [0, 0.05) is 24.6 Å². The Kier molecular flexibility index (Phi) is 8.45. The van der Waals surface area contributed by atoms with Crippen molar-refractivity contribution >= 4 is 30.1 Å². The highest BCUT2D eigenvalue weighted by Gasteiger charge is 2.20. The van der Waals surface area contributed by atoms with Crippen LogP contribution in [0.3, 0.4) is 0 Å². The molecular weight excluding hydrogens is 330 g/mol. The average Bonchev–Trinajstić information content (AvgIpc) is 2.47. The number of esters is 1. The molecule has 0 aliphatic carbocycles. The first kappa shape index (κ1) is 20.3. The number of thioether (sulfide) groups is 1. The monoisotopic (exact) mass is 357 g/mol. The second-order valence-electron chi connectivity index (χ2n) is 6.44. The van der Waals surface area contributed by atoms with Crippen LogP contribution in [-0.4, -0.2) is 42.0 Å². The van der Waals surface area contributed by atoms with E-state index in [1.54, 1.807) is 0 Å². The van der Waals surface area contributed by atoms with Gasteiger partial charge >= 0.3 is 5.97 Å². The minimum atomic E-state index is -0.137. The van der Waals surface area contributed by atoms with E-state index in [9.17, 15) is 4.79 Å². The Bertz CT molecular complexity index is 487. The van der Waals surface area contributed by atoms with Gasteiger partial charge in [-0.05, 0) is 23.0 Å². The first-order valence-electron chi connectivity index (χ1n) is 8.12. The molecule has 0 bridgehead atoms. The van der Waals surface area contributed by atoms with Gasteiger partial charge in [-0.1, -0.05) is 45.9 Å². The van der Waals surface area contributed by atoms with Crippen molar-refractivity contribution in [2.24, 2.45) is 0 Å².